The van der Waals surface area contributed by atoms with Crippen LogP contribution in [0.4, 0.5) is 4.79 Å². The first-order chi connectivity index (χ1) is 8.30. The molecule has 1 fully saturated rings. The largest absolute Gasteiger partial charge is 0.444 e. The molecule has 2 unspecified atom stereocenters. The minimum Gasteiger partial charge on any atom is -0.444 e. The lowest BCUT2D eigenvalue weighted by molar-refractivity contribution is -0.115. The molecule has 0 radical (unpaired) electrons. The van der Waals surface area contributed by atoms with Gasteiger partial charge in [-0.25, -0.2) is 4.79 Å². The van der Waals surface area contributed by atoms with Gasteiger partial charge in [0.15, 0.2) is 5.78 Å². The molecule has 4 heteroatoms. The SMILES string of the molecule is C=CC(=O)CC1CCC(NC(=O)OC(C)(C)C)C1. The smallest absolute Gasteiger partial charge is 0.407 e. The van der Waals surface area contributed by atoms with Gasteiger partial charge in [-0.2, -0.15) is 0 Å². The van der Waals surface area contributed by atoms with Crippen molar-refractivity contribution in [3.8, 4) is 0 Å². The number of rotatable bonds is 4. The maximum absolute atomic E-state index is 11.6. The molecule has 0 bridgehead atoms. The van der Waals surface area contributed by atoms with Crippen molar-refractivity contribution in [2.24, 2.45) is 5.92 Å². The normalized spacial score (nSPS) is 23.5. The van der Waals surface area contributed by atoms with E-state index in [1.54, 1.807) is 0 Å². The fourth-order valence-electron chi connectivity index (χ4n) is 2.23. The number of hydrogen-bond acceptors (Lipinski definition) is 3. The first kappa shape index (κ1) is 14.7. The van der Waals surface area contributed by atoms with Gasteiger partial charge >= 0.3 is 6.09 Å². The lowest BCUT2D eigenvalue weighted by Crippen LogP contribution is -2.38. The summed E-state index contributed by atoms with van der Waals surface area (Å²) in [7, 11) is 0. The van der Waals surface area contributed by atoms with E-state index in [0.717, 1.165) is 19.3 Å². The molecule has 1 N–H and O–H groups in total. The van der Waals surface area contributed by atoms with Crippen molar-refractivity contribution in [2.75, 3.05) is 0 Å². The highest BCUT2D eigenvalue weighted by Crippen LogP contribution is 2.28. The zero-order valence-electron chi connectivity index (χ0n) is 11.5. The molecular weight excluding hydrogens is 230 g/mol. The Morgan fingerprint density at radius 2 is 2.06 bits per heavy atom. The Labute approximate surface area is 109 Å². The molecule has 2 atom stereocenters. The predicted octanol–water partition coefficient (Wildman–Crippen LogP) is 2.83. The van der Waals surface area contributed by atoms with Crippen molar-refractivity contribution < 1.29 is 14.3 Å². The van der Waals surface area contributed by atoms with Crippen LogP contribution in [-0.2, 0) is 9.53 Å². The number of alkyl carbamates (subject to hydrolysis) is 1. The molecule has 1 aliphatic rings. The molecule has 1 saturated carbocycles. The molecule has 1 aliphatic carbocycles. The van der Waals surface area contributed by atoms with Gasteiger partial charge in [-0.05, 0) is 52.0 Å². The maximum atomic E-state index is 11.6. The third-order valence-electron chi connectivity index (χ3n) is 2.98. The summed E-state index contributed by atoms with van der Waals surface area (Å²) in [5.41, 5.74) is -0.471. The molecule has 102 valence electrons. The van der Waals surface area contributed by atoms with Gasteiger partial charge < -0.3 is 10.1 Å². The summed E-state index contributed by atoms with van der Waals surface area (Å²) in [6, 6.07) is 0.127. The van der Waals surface area contributed by atoms with Crippen molar-refractivity contribution in [1.82, 2.24) is 5.32 Å². The van der Waals surface area contributed by atoms with E-state index in [0.29, 0.717) is 12.3 Å². The predicted molar refractivity (Wildman–Crippen MR) is 70.3 cm³/mol. The summed E-state index contributed by atoms with van der Waals surface area (Å²) in [6.07, 6.45) is 4.26. The fourth-order valence-corrected chi connectivity index (χ4v) is 2.23. The molecule has 0 aromatic rings. The van der Waals surface area contributed by atoms with Crippen LogP contribution in [-0.4, -0.2) is 23.5 Å². The highest BCUT2D eigenvalue weighted by molar-refractivity contribution is 5.89. The van der Waals surface area contributed by atoms with E-state index in [1.165, 1.54) is 6.08 Å². The fraction of sp³-hybridized carbons (Fsp3) is 0.714. The van der Waals surface area contributed by atoms with Gasteiger partial charge in [0.1, 0.15) is 5.60 Å². The van der Waals surface area contributed by atoms with E-state index >= 15 is 0 Å². The molecule has 0 aliphatic heterocycles. The second kappa shape index (κ2) is 6.03. The minimum atomic E-state index is -0.471. The van der Waals surface area contributed by atoms with Crippen LogP contribution < -0.4 is 5.32 Å². The molecule has 0 aromatic heterocycles. The Balaban J connectivity index is 2.32. The van der Waals surface area contributed by atoms with Crippen molar-refractivity contribution in [3.05, 3.63) is 12.7 Å². The highest BCUT2D eigenvalue weighted by Gasteiger charge is 2.28. The molecule has 0 aromatic carbocycles. The first-order valence-corrected chi connectivity index (χ1v) is 6.45. The summed E-state index contributed by atoms with van der Waals surface area (Å²) < 4.78 is 5.20. The topological polar surface area (TPSA) is 55.4 Å². The molecule has 1 rings (SSSR count). The van der Waals surface area contributed by atoms with E-state index < -0.39 is 5.60 Å². The van der Waals surface area contributed by atoms with Crippen molar-refractivity contribution >= 4 is 11.9 Å². The van der Waals surface area contributed by atoms with Crippen LogP contribution in [0.5, 0.6) is 0 Å². The van der Waals surface area contributed by atoms with Gasteiger partial charge in [0.05, 0.1) is 0 Å². The Bertz CT molecular complexity index is 330. The lowest BCUT2D eigenvalue weighted by Gasteiger charge is -2.21. The molecule has 0 heterocycles. The number of allylic oxidation sites excluding steroid dienone is 1. The van der Waals surface area contributed by atoms with Crippen molar-refractivity contribution in [1.29, 1.82) is 0 Å². The monoisotopic (exact) mass is 253 g/mol. The van der Waals surface area contributed by atoms with Crippen LogP contribution >= 0.6 is 0 Å². The van der Waals surface area contributed by atoms with E-state index in [4.69, 9.17) is 4.74 Å². The van der Waals surface area contributed by atoms with E-state index in [1.807, 2.05) is 20.8 Å². The Kier molecular flexibility index (Phi) is 4.93. The minimum absolute atomic E-state index is 0.0814. The molecule has 4 nitrogen and oxygen atoms in total. The van der Waals surface area contributed by atoms with Crippen LogP contribution in [0.15, 0.2) is 12.7 Å². The summed E-state index contributed by atoms with van der Waals surface area (Å²) in [4.78, 5) is 22.8. The molecule has 0 spiro atoms. The first-order valence-electron chi connectivity index (χ1n) is 6.45. The number of hydrogen-bond donors (Lipinski definition) is 1. The maximum Gasteiger partial charge on any atom is 0.407 e. The summed E-state index contributed by atoms with van der Waals surface area (Å²) >= 11 is 0. The van der Waals surface area contributed by atoms with Crippen LogP contribution in [0.2, 0.25) is 0 Å². The summed E-state index contributed by atoms with van der Waals surface area (Å²) in [5.74, 6) is 0.438. The third kappa shape index (κ3) is 5.34. The second-order valence-corrected chi connectivity index (χ2v) is 5.90. The molecule has 1 amide bonds. The number of ether oxygens (including phenoxy) is 1. The van der Waals surface area contributed by atoms with Gasteiger partial charge in [0.25, 0.3) is 0 Å². The Morgan fingerprint density at radius 1 is 1.39 bits per heavy atom. The van der Waals surface area contributed by atoms with E-state index in [2.05, 4.69) is 11.9 Å². The Hall–Kier alpha value is -1.32. The van der Waals surface area contributed by atoms with Crippen LogP contribution in [0, 0.1) is 5.92 Å². The standard InChI is InChI=1S/C14H23NO3/c1-5-12(16)9-10-6-7-11(8-10)15-13(17)18-14(2,3)4/h5,10-11H,1,6-9H2,2-4H3,(H,15,17). The zero-order valence-corrected chi connectivity index (χ0v) is 11.5. The number of carbonyl (C=O) groups excluding carboxylic acids is 2. The number of nitrogens with one attached hydrogen (secondary N) is 1. The van der Waals surface area contributed by atoms with Gasteiger partial charge in [-0.15, -0.1) is 0 Å². The highest BCUT2D eigenvalue weighted by atomic mass is 16.6. The van der Waals surface area contributed by atoms with Crippen LogP contribution in [0.1, 0.15) is 46.5 Å². The quantitative estimate of drug-likeness (QED) is 0.784. The second-order valence-electron chi connectivity index (χ2n) is 5.90. The molecule has 18 heavy (non-hydrogen) atoms. The number of ketones is 1. The zero-order chi connectivity index (χ0) is 13.8. The summed E-state index contributed by atoms with van der Waals surface area (Å²) in [5, 5.41) is 2.86. The molecule has 0 saturated heterocycles. The van der Waals surface area contributed by atoms with Gasteiger partial charge in [0.2, 0.25) is 0 Å². The lowest BCUT2D eigenvalue weighted by atomic mass is 10.0. The van der Waals surface area contributed by atoms with E-state index in [9.17, 15) is 9.59 Å². The third-order valence-corrected chi connectivity index (χ3v) is 2.98. The van der Waals surface area contributed by atoms with E-state index in [-0.39, 0.29) is 17.9 Å². The van der Waals surface area contributed by atoms with Gasteiger partial charge in [0, 0.05) is 12.5 Å². The van der Waals surface area contributed by atoms with Gasteiger partial charge in [-0.3, -0.25) is 4.79 Å². The van der Waals surface area contributed by atoms with Gasteiger partial charge in [-0.1, -0.05) is 6.58 Å². The molecular formula is C14H23NO3. The number of amides is 1. The van der Waals surface area contributed by atoms with Crippen LogP contribution in [0.25, 0.3) is 0 Å². The Morgan fingerprint density at radius 3 is 2.61 bits per heavy atom. The van der Waals surface area contributed by atoms with Crippen molar-refractivity contribution in [2.45, 2.75) is 58.1 Å². The summed E-state index contributed by atoms with van der Waals surface area (Å²) in [6.45, 7) is 8.99. The average Bonchev–Trinajstić information content (AvgIpc) is 2.62. The number of carbonyl (C=O) groups is 2. The average molecular weight is 253 g/mol. The van der Waals surface area contributed by atoms with Crippen molar-refractivity contribution in [3.63, 3.8) is 0 Å². The van der Waals surface area contributed by atoms with Crippen LogP contribution in [0.3, 0.4) is 0 Å².